The Morgan fingerprint density at radius 2 is 1.21 bits per heavy atom. The highest BCUT2D eigenvalue weighted by atomic mass is 19.2. The first kappa shape index (κ1) is 29.9. The van der Waals surface area contributed by atoms with E-state index < -0.39 is 46.4 Å². The van der Waals surface area contributed by atoms with E-state index in [0.717, 1.165) is 43.7 Å². The van der Waals surface area contributed by atoms with Gasteiger partial charge in [-0.3, -0.25) is 0 Å². The summed E-state index contributed by atoms with van der Waals surface area (Å²) in [5.41, 5.74) is -1.04. The number of hydrogen-bond acceptors (Lipinski definition) is 3. The van der Waals surface area contributed by atoms with Crippen LogP contribution in [0.2, 0.25) is 0 Å². The van der Waals surface area contributed by atoms with E-state index in [0.29, 0.717) is 24.7 Å². The normalized spacial score (nSPS) is 17.4. The molecule has 0 aromatic heterocycles. The largest absolute Gasteiger partial charge is 0.493 e. The molecule has 0 spiro atoms. The monoisotopic (exact) mass is 540 g/mol. The molecule has 0 saturated heterocycles. The number of unbranched alkanes of at least 4 members (excludes halogenated alkanes) is 7. The van der Waals surface area contributed by atoms with E-state index in [2.05, 4.69) is 11.7 Å². The SMILES string of the molecule is CCCCCCCCCCC1CCC(COc2cc(F)c(C(=O)Oc3cc(F)c(F)c(F)c3)c(F)c2)CC1. The lowest BCUT2D eigenvalue weighted by Gasteiger charge is -2.28. The number of benzene rings is 2. The molecule has 0 heterocycles. The van der Waals surface area contributed by atoms with E-state index in [9.17, 15) is 26.7 Å². The fourth-order valence-electron chi connectivity index (χ4n) is 5.05. The van der Waals surface area contributed by atoms with Crippen LogP contribution in [-0.4, -0.2) is 12.6 Å². The van der Waals surface area contributed by atoms with Gasteiger partial charge in [0.05, 0.1) is 6.61 Å². The molecule has 38 heavy (non-hydrogen) atoms. The van der Waals surface area contributed by atoms with Gasteiger partial charge in [-0.2, -0.15) is 0 Å². The highest BCUT2D eigenvalue weighted by Crippen LogP contribution is 2.33. The molecular weight excluding hydrogens is 503 g/mol. The molecule has 2 aromatic carbocycles. The van der Waals surface area contributed by atoms with Gasteiger partial charge in [0.15, 0.2) is 17.5 Å². The van der Waals surface area contributed by atoms with Crippen molar-refractivity contribution in [3.63, 3.8) is 0 Å². The van der Waals surface area contributed by atoms with Crippen molar-refractivity contribution in [1.82, 2.24) is 0 Å². The van der Waals surface area contributed by atoms with E-state index >= 15 is 0 Å². The molecule has 1 saturated carbocycles. The lowest BCUT2D eigenvalue weighted by Crippen LogP contribution is -2.20. The average Bonchev–Trinajstić information content (AvgIpc) is 2.88. The van der Waals surface area contributed by atoms with Gasteiger partial charge in [-0.05, 0) is 24.7 Å². The second-order valence-electron chi connectivity index (χ2n) is 10.3. The number of esters is 1. The number of halogens is 5. The van der Waals surface area contributed by atoms with Crippen molar-refractivity contribution in [2.75, 3.05) is 6.61 Å². The van der Waals surface area contributed by atoms with Gasteiger partial charge in [0, 0.05) is 24.3 Å². The number of rotatable bonds is 14. The Bertz CT molecular complexity index is 1000. The van der Waals surface area contributed by atoms with E-state index in [-0.39, 0.29) is 5.75 Å². The molecule has 0 aliphatic heterocycles. The van der Waals surface area contributed by atoms with Crippen LogP contribution in [0.25, 0.3) is 0 Å². The molecule has 0 atom stereocenters. The molecule has 0 N–H and O–H groups in total. The third-order valence-electron chi connectivity index (χ3n) is 7.31. The van der Waals surface area contributed by atoms with Crippen molar-refractivity contribution in [2.45, 2.75) is 90.4 Å². The van der Waals surface area contributed by atoms with Crippen LogP contribution in [-0.2, 0) is 0 Å². The van der Waals surface area contributed by atoms with Crippen molar-refractivity contribution >= 4 is 5.97 Å². The summed E-state index contributed by atoms with van der Waals surface area (Å²) in [6.45, 7) is 2.55. The minimum absolute atomic E-state index is 0.0588. The number of ether oxygens (including phenoxy) is 2. The van der Waals surface area contributed by atoms with Gasteiger partial charge >= 0.3 is 5.97 Å². The molecule has 0 radical (unpaired) electrons. The van der Waals surface area contributed by atoms with Crippen LogP contribution in [0.5, 0.6) is 11.5 Å². The van der Waals surface area contributed by atoms with Gasteiger partial charge < -0.3 is 9.47 Å². The van der Waals surface area contributed by atoms with Gasteiger partial charge in [0.2, 0.25) is 0 Å². The maximum atomic E-state index is 14.5. The molecule has 1 fully saturated rings. The maximum Gasteiger partial charge on any atom is 0.349 e. The van der Waals surface area contributed by atoms with Gasteiger partial charge in [-0.25, -0.2) is 26.7 Å². The Morgan fingerprint density at radius 3 is 1.79 bits per heavy atom. The number of carbonyl (C=O) groups is 1. The van der Waals surface area contributed by atoms with Gasteiger partial charge in [0.1, 0.15) is 28.7 Å². The Hall–Kier alpha value is -2.64. The van der Waals surface area contributed by atoms with Crippen molar-refractivity contribution in [3.8, 4) is 11.5 Å². The molecule has 1 aliphatic carbocycles. The van der Waals surface area contributed by atoms with Gasteiger partial charge in [-0.15, -0.1) is 0 Å². The second kappa shape index (κ2) is 15.1. The van der Waals surface area contributed by atoms with Crippen molar-refractivity contribution in [2.24, 2.45) is 11.8 Å². The lowest BCUT2D eigenvalue weighted by atomic mass is 9.80. The Kier molecular flexibility index (Phi) is 11.9. The van der Waals surface area contributed by atoms with E-state index in [4.69, 9.17) is 4.74 Å². The number of carbonyl (C=O) groups excluding carboxylic acids is 1. The summed E-state index contributed by atoms with van der Waals surface area (Å²) in [6, 6.07) is 2.57. The fourth-order valence-corrected chi connectivity index (χ4v) is 5.05. The Balaban J connectivity index is 1.41. The van der Waals surface area contributed by atoms with Crippen LogP contribution in [0.3, 0.4) is 0 Å². The lowest BCUT2D eigenvalue weighted by molar-refractivity contribution is 0.0723. The molecule has 0 amide bonds. The smallest absolute Gasteiger partial charge is 0.349 e. The predicted molar refractivity (Wildman–Crippen MR) is 136 cm³/mol. The highest BCUT2D eigenvalue weighted by molar-refractivity contribution is 5.91. The van der Waals surface area contributed by atoms with Crippen LogP contribution in [0.15, 0.2) is 24.3 Å². The minimum Gasteiger partial charge on any atom is -0.493 e. The van der Waals surface area contributed by atoms with Crippen LogP contribution < -0.4 is 9.47 Å². The zero-order chi connectivity index (χ0) is 27.5. The molecule has 8 heteroatoms. The Morgan fingerprint density at radius 1 is 0.711 bits per heavy atom. The zero-order valence-corrected chi connectivity index (χ0v) is 22.0. The predicted octanol–water partition coefficient (Wildman–Crippen LogP) is 9.32. The molecule has 1 aliphatic rings. The molecule has 2 aromatic rings. The third-order valence-corrected chi connectivity index (χ3v) is 7.31. The molecule has 0 unspecified atom stereocenters. The van der Waals surface area contributed by atoms with E-state index in [1.807, 2.05) is 0 Å². The third kappa shape index (κ3) is 8.98. The molecule has 3 nitrogen and oxygen atoms in total. The topological polar surface area (TPSA) is 35.5 Å². The zero-order valence-electron chi connectivity index (χ0n) is 22.0. The first-order valence-corrected chi connectivity index (χ1v) is 13.8. The van der Waals surface area contributed by atoms with Crippen LogP contribution in [0, 0.1) is 40.9 Å². The first-order valence-electron chi connectivity index (χ1n) is 13.8. The summed E-state index contributed by atoms with van der Waals surface area (Å²) in [6.07, 6.45) is 16.1. The van der Waals surface area contributed by atoms with Crippen LogP contribution >= 0.6 is 0 Å². The van der Waals surface area contributed by atoms with Crippen molar-refractivity contribution in [3.05, 3.63) is 58.9 Å². The van der Waals surface area contributed by atoms with Crippen molar-refractivity contribution in [1.29, 1.82) is 0 Å². The van der Waals surface area contributed by atoms with Crippen LogP contribution in [0.4, 0.5) is 22.0 Å². The summed E-state index contributed by atoms with van der Waals surface area (Å²) in [7, 11) is 0. The summed E-state index contributed by atoms with van der Waals surface area (Å²) in [5.74, 6) is -8.67. The second-order valence-corrected chi connectivity index (χ2v) is 10.3. The quantitative estimate of drug-likeness (QED) is 0.0787. The maximum absolute atomic E-state index is 14.5. The summed E-state index contributed by atoms with van der Waals surface area (Å²) in [5, 5.41) is 0. The fraction of sp³-hybridized carbons (Fsp3) is 0.567. The van der Waals surface area contributed by atoms with E-state index in [1.165, 1.54) is 57.8 Å². The van der Waals surface area contributed by atoms with Gasteiger partial charge in [0.25, 0.3) is 0 Å². The van der Waals surface area contributed by atoms with Gasteiger partial charge in [-0.1, -0.05) is 77.6 Å². The molecule has 0 bridgehead atoms. The minimum atomic E-state index is -1.75. The summed E-state index contributed by atoms with van der Waals surface area (Å²) in [4.78, 5) is 12.2. The summed E-state index contributed by atoms with van der Waals surface area (Å²) >= 11 is 0. The van der Waals surface area contributed by atoms with Crippen molar-refractivity contribution < 1.29 is 36.2 Å². The average molecular weight is 541 g/mol. The standard InChI is InChI=1S/C30H37F5O3/c1-2-3-4-5-6-7-8-9-10-20-11-13-21(14-12-20)19-37-22-15-24(31)28(25(32)16-22)30(36)38-23-17-26(33)29(35)27(34)18-23/h15-18,20-21H,2-14,19H2,1H3. The van der Waals surface area contributed by atoms with E-state index in [1.54, 1.807) is 0 Å². The molecule has 3 rings (SSSR count). The molecular formula is C30H37F5O3. The van der Waals surface area contributed by atoms with Crippen LogP contribution in [0.1, 0.15) is 101 Å². The number of hydrogen-bond donors (Lipinski definition) is 0. The first-order chi connectivity index (χ1) is 18.3. The highest BCUT2D eigenvalue weighted by Gasteiger charge is 2.24. The Labute approximate surface area is 221 Å². The summed E-state index contributed by atoms with van der Waals surface area (Å²) < 4.78 is 79.0. The molecule has 210 valence electrons.